The monoisotopic (exact) mass is 670 g/mol. The molecular formula is C39H22F8N2. The van der Waals surface area contributed by atoms with Crippen molar-refractivity contribution in [3.63, 3.8) is 0 Å². The molecule has 244 valence electrons. The van der Waals surface area contributed by atoms with Crippen molar-refractivity contribution in [2.45, 2.75) is 20.0 Å². The summed E-state index contributed by atoms with van der Waals surface area (Å²) in [5, 5.41) is 2.42. The average Bonchev–Trinajstić information content (AvgIpc) is 3.57. The molecule has 2 aromatic heterocycles. The molecule has 0 saturated carbocycles. The number of alkyl halides is 3. The summed E-state index contributed by atoms with van der Waals surface area (Å²) < 4.78 is 124. The molecule has 8 aromatic rings. The molecule has 2 heterocycles. The number of aryl methyl sites for hydroxylation is 2. The quantitative estimate of drug-likeness (QED) is 0.101. The first-order valence-electron chi connectivity index (χ1n) is 15.1. The molecule has 2 nitrogen and oxygen atoms in total. The molecule has 0 aliphatic heterocycles. The van der Waals surface area contributed by atoms with E-state index in [1.54, 1.807) is 86.6 Å². The van der Waals surface area contributed by atoms with Gasteiger partial charge in [-0.05, 0) is 61.4 Å². The van der Waals surface area contributed by atoms with Gasteiger partial charge in [-0.25, -0.2) is 22.0 Å². The van der Waals surface area contributed by atoms with Crippen molar-refractivity contribution >= 4 is 43.6 Å². The fourth-order valence-electron chi connectivity index (χ4n) is 6.89. The second kappa shape index (κ2) is 10.7. The van der Waals surface area contributed by atoms with Crippen LogP contribution in [-0.2, 0) is 6.18 Å². The number of nitrogens with zero attached hydrogens (tertiary/aromatic N) is 2. The van der Waals surface area contributed by atoms with Crippen molar-refractivity contribution in [2.24, 2.45) is 0 Å². The summed E-state index contributed by atoms with van der Waals surface area (Å²) in [6, 6.07) is 25.4. The van der Waals surface area contributed by atoms with E-state index in [4.69, 9.17) is 0 Å². The van der Waals surface area contributed by atoms with Gasteiger partial charge in [-0.2, -0.15) is 13.2 Å². The number of rotatable bonds is 3. The van der Waals surface area contributed by atoms with Crippen LogP contribution in [0.3, 0.4) is 0 Å². The van der Waals surface area contributed by atoms with E-state index in [-0.39, 0.29) is 0 Å². The van der Waals surface area contributed by atoms with E-state index in [1.807, 2.05) is 12.1 Å². The van der Waals surface area contributed by atoms with Gasteiger partial charge >= 0.3 is 6.18 Å². The van der Waals surface area contributed by atoms with Crippen LogP contribution in [0.15, 0.2) is 97.1 Å². The molecule has 0 unspecified atom stereocenters. The van der Waals surface area contributed by atoms with E-state index >= 15 is 17.6 Å². The Morgan fingerprint density at radius 3 is 1.24 bits per heavy atom. The zero-order valence-corrected chi connectivity index (χ0v) is 25.7. The maximum atomic E-state index is 16.1. The van der Waals surface area contributed by atoms with E-state index in [0.717, 1.165) is 11.1 Å². The number of hydrogen-bond acceptors (Lipinski definition) is 0. The van der Waals surface area contributed by atoms with Crippen molar-refractivity contribution in [3.05, 3.63) is 143 Å². The van der Waals surface area contributed by atoms with Gasteiger partial charge in [0.25, 0.3) is 0 Å². The minimum atomic E-state index is -4.98. The van der Waals surface area contributed by atoms with Crippen LogP contribution in [-0.4, -0.2) is 9.13 Å². The number of aromatic nitrogens is 2. The van der Waals surface area contributed by atoms with E-state index in [9.17, 15) is 17.6 Å². The SMILES string of the molecule is Cc1ccc2c3ccccc3n(-c3cc(C(F)(F)F)cc(-n4c5ccccc5c5ccc(C)cc54)c3-c3c(F)c(F)c(F)c(F)c3F)c2c1. The molecule has 0 atom stereocenters. The first-order chi connectivity index (χ1) is 23.4. The van der Waals surface area contributed by atoms with E-state index in [0.29, 0.717) is 55.7 Å². The first kappa shape index (κ1) is 30.7. The number of halogens is 8. The highest BCUT2D eigenvalue weighted by Gasteiger charge is 2.37. The third kappa shape index (κ3) is 4.46. The highest BCUT2D eigenvalue weighted by molar-refractivity contribution is 6.12. The predicted octanol–water partition coefficient (Wildman–Crippen LogP) is 11.9. The van der Waals surface area contributed by atoms with Gasteiger partial charge in [0, 0.05) is 27.1 Å². The Hall–Kier alpha value is -5.64. The second-order valence-electron chi connectivity index (χ2n) is 12.1. The number of para-hydroxylation sites is 2. The Morgan fingerprint density at radius 2 is 0.816 bits per heavy atom. The zero-order chi connectivity index (χ0) is 34.5. The Morgan fingerprint density at radius 1 is 0.429 bits per heavy atom. The topological polar surface area (TPSA) is 9.86 Å². The van der Waals surface area contributed by atoms with Crippen molar-refractivity contribution in [1.29, 1.82) is 0 Å². The molecule has 0 radical (unpaired) electrons. The molecule has 10 heteroatoms. The van der Waals surface area contributed by atoms with Crippen molar-refractivity contribution in [1.82, 2.24) is 9.13 Å². The van der Waals surface area contributed by atoms with Gasteiger partial charge in [-0.3, -0.25) is 0 Å². The summed E-state index contributed by atoms with van der Waals surface area (Å²) in [5.74, 6) is -11.2. The van der Waals surface area contributed by atoms with Crippen molar-refractivity contribution in [2.75, 3.05) is 0 Å². The van der Waals surface area contributed by atoms with Crippen LogP contribution in [0.2, 0.25) is 0 Å². The van der Waals surface area contributed by atoms with Gasteiger partial charge in [-0.15, -0.1) is 0 Å². The van der Waals surface area contributed by atoms with Gasteiger partial charge in [0.15, 0.2) is 23.3 Å². The molecule has 6 aromatic carbocycles. The molecule has 8 rings (SSSR count). The molecule has 49 heavy (non-hydrogen) atoms. The molecule has 0 aliphatic rings. The lowest BCUT2D eigenvalue weighted by Gasteiger charge is -2.23. The van der Waals surface area contributed by atoms with Crippen LogP contribution < -0.4 is 0 Å². The number of benzene rings is 6. The predicted molar refractivity (Wildman–Crippen MR) is 175 cm³/mol. The minimum absolute atomic E-state index is 0.358. The van der Waals surface area contributed by atoms with Crippen LogP contribution >= 0.6 is 0 Å². The Kier molecular flexibility index (Phi) is 6.69. The summed E-state index contributed by atoms with van der Waals surface area (Å²) in [6.07, 6.45) is -4.98. The van der Waals surface area contributed by atoms with Crippen molar-refractivity contribution < 1.29 is 35.1 Å². The normalized spacial score (nSPS) is 12.3. The van der Waals surface area contributed by atoms with Gasteiger partial charge in [0.2, 0.25) is 5.82 Å². The third-order valence-electron chi connectivity index (χ3n) is 9.02. The molecule has 0 amide bonds. The largest absolute Gasteiger partial charge is 0.416 e. The first-order valence-corrected chi connectivity index (χ1v) is 15.1. The smallest absolute Gasteiger partial charge is 0.309 e. The van der Waals surface area contributed by atoms with Gasteiger partial charge < -0.3 is 9.13 Å². The lowest BCUT2D eigenvalue weighted by atomic mass is 9.96. The summed E-state index contributed by atoms with van der Waals surface area (Å²) in [7, 11) is 0. The summed E-state index contributed by atoms with van der Waals surface area (Å²) in [5.41, 5.74) is -1.12. The van der Waals surface area contributed by atoms with Crippen LogP contribution in [0.1, 0.15) is 16.7 Å². The van der Waals surface area contributed by atoms with E-state index in [2.05, 4.69) is 0 Å². The van der Waals surface area contributed by atoms with Crippen LogP contribution in [0.25, 0.3) is 66.1 Å². The average molecular weight is 671 g/mol. The van der Waals surface area contributed by atoms with Gasteiger partial charge in [0.05, 0.1) is 44.6 Å². The second-order valence-corrected chi connectivity index (χ2v) is 12.1. The fraction of sp³-hybridized carbons (Fsp3) is 0.0769. The van der Waals surface area contributed by atoms with Crippen molar-refractivity contribution in [3.8, 4) is 22.5 Å². The van der Waals surface area contributed by atoms with Crippen LogP contribution in [0, 0.1) is 42.9 Å². The molecule has 0 spiro atoms. The van der Waals surface area contributed by atoms with Gasteiger partial charge in [0.1, 0.15) is 0 Å². The molecule has 0 aliphatic carbocycles. The Bertz CT molecular complexity index is 2510. The summed E-state index contributed by atoms with van der Waals surface area (Å²) in [4.78, 5) is 0. The Balaban J connectivity index is 1.69. The van der Waals surface area contributed by atoms with E-state index in [1.165, 1.54) is 9.13 Å². The summed E-state index contributed by atoms with van der Waals surface area (Å²) >= 11 is 0. The standard InChI is InChI=1S/C39H22F8N2/c1-19-11-13-24-22-7-3-5-9-26(22)48(28(24)15-19)30-17-21(39(45,46)47)18-31(32(30)33-34(40)36(42)38(44)37(43)35(33)41)49-27-10-6-4-8-23(27)25-14-12-20(2)16-29(25)49/h3-18H,1-2H3. The maximum Gasteiger partial charge on any atom is 0.416 e. The fourth-order valence-corrected chi connectivity index (χ4v) is 6.89. The number of hydrogen-bond donors (Lipinski definition) is 0. The van der Waals surface area contributed by atoms with E-state index < -0.39 is 63.3 Å². The molecule has 0 bridgehead atoms. The molecule has 0 fully saturated rings. The lowest BCUT2D eigenvalue weighted by Crippen LogP contribution is -2.13. The van der Waals surface area contributed by atoms with Crippen LogP contribution in [0.4, 0.5) is 35.1 Å². The minimum Gasteiger partial charge on any atom is -0.309 e. The zero-order valence-electron chi connectivity index (χ0n) is 25.7. The molecular weight excluding hydrogens is 648 g/mol. The summed E-state index contributed by atoms with van der Waals surface area (Å²) in [6.45, 7) is 3.54. The maximum absolute atomic E-state index is 16.1. The molecule has 0 saturated heterocycles. The highest BCUT2D eigenvalue weighted by atomic mass is 19.4. The highest BCUT2D eigenvalue weighted by Crippen LogP contribution is 2.47. The number of fused-ring (bicyclic) bond motifs is 6. The molecule has 0 N–H and O–H groups in total. The third-order valence-corrected chi connectivity index (χ3v) is 9.02. The van der Waals surface area contributed by atoms with Crippen LogP contribution in [0.5, 0.6) is 0 Å². The Labute approximate surface area is 273 Å². The lowest BCUT2D eigenvalue weighted by molar-refractivity contribution is -0.137. The van der Waals surface area contributed by atoms with Gasteiger partial charge in [-0.1, -0.05) is 60.7 Å².